The number of nitrogens with zero attached hydrogens (tertiary/aromatic N) is 1. The van der Waals surface area contributed by atoms with E-state index in [1.807, 2.05) is 63.5 Å². The zero-order valence-corrected chi connectivity index (χ0v) is 14.9. The fraction of sp³-hybridized carbons (Fsp3) is 0.350. The number of hydrogen-bond donors (Lipinski definition) is 1. The van der Waals surface area contributed by atoms with Crippen LogP contribution in [0.5, 0.6) is 11.5 Å². The van der Waals surface area contributed by atoms with Gasteiger partial charge in [-0.2, -0.15) is 0 Å². The molecule has 0 aromatic heterocycles. The number of rotatable bonds is 5. The van der Waals surface area contributed by atoms with Gasteiger partial charge in [-0.1, -0.05) is 36.4 Å². The van der Waals surface area contributed by atoms with Crippen LogP contribution in [0.2, 0.25) is 0 Å². The molecule has 1 amide bonds. The van der Waals surface area contributed by atoms with Crippen LogP contribution >= 0.6 is 0 Å². The first-order valence-electron chi connectivity index (χ1n) is 8.46. The van der Waals surface area contributed by atoms with Crippen molar-refractivity contribution in [1.82, 2.24) is 10.2 Å². The Balaban J connectivity index is 1.66. The van der Waals surface area contributed by atoms with Crippen LogP contribution in [0, 0.1) is 0 Å². The van der Waals surface area contributed by atoms with Crippen molar-refractivity contribution >= 4 is 5.91 Å². The summed E-state index contributed by atoms with van der Waals surface area (Å²) >= 11 is 0. The fourth-order valence-electron chi connectivity index (χ4n) is 2.91. The van der Waals surface area contributed by atoms with Crippen LogP contribution in [0.1, 0.15) is 18.1 Å². The molecule has 0 fully saturated rings. The molecular weight excluding hydrogens is 316 g/mol. The molecule has 25 heavy (non-hydrogen) atoms. The predicted molar refractivity (Wildman–Crippen MR) is 96.6 cm³/mol. The molecule has 1 aliphatic rings. The van der Waals surface area contributed by atoms with Gasteiger partial charge < -0.3 is 19.7 Å². The number of carbonyl (C=O) groups excluding carboxylic acids is 1. The minimum atomic E-state index is -0.657. The minimum Gasteiger partial charge on any atom is -0.482 e. The molecule has 2 aromatic rings. The van der Waals surface area contributed by atoms with Crippen LogP contribution in [0.4, 0.5) is 0 Å². The van der Waals surface area contributed by atoms with Crippen LogP contribution in [0.3, 0.4) is 0 Å². The average molecular weight is 340 g/mol. The summed E-state index contributed by atoms with van der Waals surface area (Å²) in [7, 11) is 4.06. The Labute approximate surface area is 148 Å². The quantitative estimate of drug-likeness (QED) is 0.909. The molecule has 3 rings (SSSR count). The Bertz CT molecular complexity index is 745. The van der Waals surface area contributed by atoms with Gasteiger partial charge in [0.25, 0.3) is 5.91 Å². The molecule has 0 bridgehead atoms. The van der Waals surface area contributed by atoms with Gasteiger partial charge in [-0.3, -0.25) is 4.79 Å². The van der Waals surface area contributed by atoms with Crippen molar-refractivity contribution in [3.63, 3.8) is 0 Å². The van der Waals surface area contributed by atoms with Gasteiger partial charge >= 0.3 is 0 Å². The maximum Gasteiger partial charge on any atom is 0.265 e. The van der Waals surface area contributed by atoms with E-state index in [4.69, 9.17) is 9.47 Å². The van der Waals surface area contributed by atoms with Gasteiger partial charge in [-0.15, -0.1) is 0 Å². The summed E-state index contributed by atoms with van der Waals surface area (Å²) in [6, 6.07) is 15.5. The second-order valence-corrected chi connectivity index (χ2v) is 6.53. The van der Waals surface area contributed by atoms with Gasteiger partial charge in [-0.05, 0) is 44.3 Å². The third-order valence-electron chi connectivity index (χ3n) is 4.16. The van der Waals surface area contributed by atoms with E-state index in [0.29, 0.717) is 18.0 Å². The summed E-state index contributed by atoms with van der Waals surface area (Å²) in [5, 5.41) is 2.98. The summed E-state index contributed by atoms with van der Waals surface area (Å²) in [6.45, 7) is 3.15. The van der Waals surface area contributed by atoms with Gasteiger partial charge in [0.15, 0.2) is 11.5 Å². The summed E-state index contributed by atoms with van der Waals surface area (Å²) < 4.78 is 11.6. The molecule has 2 unspecified atom stereocenters. The summed E-state index contributed by atoms with van der Waals surface area (Å²) in [5.74, 6) is 1.12. The van der Waals surface area contributed by atoms with E-state index in [0.717, 1.165) is 12.1 Å². The summed E-state index contributed by atoms with van der Waals surface area (Å²) in [6.07, 6.45) is -0.997. The first kappa shape index (κ1) is 17.3. The average Bonchev–Trinajstić information content (AvgIpc) is 2.59. The molecule has 0 radical (unpaired) electrons. The van der Waals surface area contributed by atoms with E-state index in [-0.39, 0.29) is 12.0 Å². The van der Waals surface area contributed by atoms with Crippen LogP contribution < -0.4 is 14.8 Å². The molecule has 0 saturated carbocycles. The lowest BCUT2D eigenvalue weighted by molar-refractivity contribution is -0.133. The lowest BCUT2D eigenvalue weighted by Crippen LogP contribution is -2.48. The number of para-hydroxylation sites is 2. The van der Waals surface area contributed by atoms with Crippen LogP contribution in [-0.4, -0.2) is 37.1 Å². The number of nitrogens with one attached hydrogen (secondary N) is 1. The van der Waals surface area contributed by atoms with Gasteiger partial charge in [0.05, 0.1) is 0 Å². The maximum absolute atomic E-state index is 12.6. The number of amides is 1. The van der Waals surface area contributed by atoms with Crippen LogP contribution in [-0.2, 0) is 17.9 Å². The topological polar surface area (TPSA) is 50.8 Å². The highest BCUT2D eigenvalue weighted by Crippen LogP contribution is 2.33. The standard InChI is InChI=1S/C20H24N2O3/c1-14-19(25-18-11-7-6-10-17(18)24-14)20(23)21-12-15-8-4-5-9-16(15)13-22(2)3/h4-11,14,19H,12-13H2,1-3H3,(H,21,23). The number of ether oxygens (including phenoxy) is 2. The Morgan fingerprint density at radius 3 is 2.28 bits per heavy atom. The third-order valence-corrected chi connectivity index (χ3v) is 4.16. The molecule has 1 aliphatic heterocycles. The van der Waals surface area contributed by atoms with Crippen molar-refractivity contribution in [2.45, 2.75) is 32.2 Å². The number of carbonyl (C=O) groups is 1. The van der Waals surface area contributed by atoms with Gasteiger partial charge in [0.2, 0.25) is 6.10 Å². The lowest BCUT2D eigenvalue weighted by Gasteiger charge is -2.31. The maximum atomic E-state index is 12.6. The Morgan fingerprint density at radius 2 is 1.60 bits per heavy atom. The second-order valence-electron chi connectivity index (χ2n) is 6.53. The third kappa shape index (κ3) is 4.12. The highest BCUT2D eigenvalue weighted by Gasteiger charge is 2.33. The number of benzene rings is 2. The van der Waals surface area contributed by atoms with Crippen LogP contribution in [0.15, 0.2) is 48.5 Å². The number of fused-ring (bicyclic) bond motifs is 1. The molecular formula is C20H24N2O3. The van der Waals surface area contributed by atoms with Crippen molar-refractivity contribution in [2.75, 3.05) is 14.1 Å². The molecule has 0 aliphatic carbocycles. The smallest absolute Gasteiger partial charge is 0.265 e. The molecule has 2 atom stereocenters. The first-order valence-corrected chi connectivity index (χ1v) is 8.46. The first-order chi connectivity index (χ1) is 12.0. The van der Waals surface area contributed by atoms with E-state index in [1.54, 1.807) is 0 Å². The normalized spacial score (nSPS) is 18.9. The zero-order valence-electron chi connectivity index (χ0n) is 14.9. The molecule has 2 aromatic carbocycles. The van der Waals surface area contributed by atoms with Crippen LogP contribution in [0.25, 0.3) is 0 Å². The largest absolute Gasteiger partial charge is 0.482 e. The Hall–Kier alpha value is -2.53. The highest BCUT2D eigenvalue weighted by atomic mass is 16.6. The van der Waals surface area contributed by atoms with Crippen molar-refractivity contribution in [3.8, 4) is 11.5 Å². The molecule has 132 valence electrons. The SMILES string of the molecule is CC1Oc2ccccc2OC1C(=O)NCc1ccccc1CN(C)C. The second kappa shape index (κ2) is 7.57. The fourth-order valence-corrected chi connectivity index (χ4v) is 2.91. The van der Waals surface area contributed by atoms with Crippen molar-refractivity contribution in [2.24, 2.45) is 0 Å². The van der Waals surface area contributed by atoms with E-state index >= 15 is 0 Å². The van der Waals surface area contributed by atoms with Crippen molar-refractivity contribution < 1.29 is 14.3 Å². The van der Waals surface area contributed by atoms with E-state index in [1.165, 1.54) is 5.56 Å². The molecule has 0 spiro atoms. The van der Waals surface area contributed by atoms with Gasteiger partial charge in [0.1, 0.15) is 6.10 Å². The Kier molecular flexibility index (Phi) is 5.24. The monoisotopic (exact) mass is 340 g/mol. The minimum absolute atomic E-state index is 0.165. The van der Waals surface area contributed by atoms with E-state index in [2.05, 4.69) is 16.3 Å². The molecule has 1 N–H and O–H groups in total. The molecule has 0 saturated heterocycles. The lowest BCUT2D eigenvalue weighted by atomic mass is 10.1. The molecule has 1 heterocycles. The summed E-state index contributed by atoms with van der Waals surface area (Å²) in [4.78, 5) is 14.7. The molecule has 5 nitrogen and oxygen atoms in total. The zero-order chi connectivity index (χ0) is 17.8. The van der Waals surface area contributed by atoms with E-state index < -0.39 is 6.10 Å². The predicted octanol–water partition coefficient (Wildman–Crippen LogP) is 2.59. The van der Waals surface area contributed by atoms with E-state index in [9.17, 15) is 4.79 Å². The molecule has 5 heteroatoms. The van der Waals surface area contributed by atoms with Crippen molar-refractivity contribution in [3.05, 3.63) is 59.7 Å². The number of hydrogen-bond acceptors (Lipinski definition) is 4. The van der Waals surface area contributed by atoms with Gasteiger partial charge in [-0.25, -0.2) is 0 Å². The highest BCUT2D eigenvalue weighted by molar-refractivity contribution is 5.82. The van der Waals surface area contributed by atoms with Gasteiger partial charge in [0, 0.05) is 13.1 Å². The van der Waals surface area contributed by atoms with Crippen molar-refractivity contribution in [1.29, 1.82) is 0 Å². The summed E-state index contributed by atoms with van der Waals surface area (Å²) in [5.41, 5.74) is 2.31. The Morgan fingerprint density at radius 1 is 1.00 bits per heavy atom.